The predicted molar refractivity (Wildman–Crippen MR) is 254 cm³/mol. The molecule has 64 heavy (non-hydrogen) atoms. The number of benzene rings is 2. The minimum atomic E-state index is -0.107. The fraction of sp³-hybridized carbons (Fsp3) is 0.458. The number of hydrogen-bond acceptors (Lipinski definition) is 13. The molecule has 340 valence electrons. The van der Waals surface area contributed by atoms with Crippen LogP contribution in [0.25, 0.3) is 0 Å². The van der Waals surface area contributed by atoms with Gasteiger partial charge in [-0.05, 0) is 78.2 Å². The van der Waals surface area contributed by atoms with E-state index in [1.165, 1.54) is 25.4 Å². The van der Waals surface area contributed by atoms with Gasteiger partial charge in [0.05, 0.1) is 66.8 Å². The summed E-state index contributed by atoms with van der Waals surface area (Å²) in [5.74, 6) is 2.04. The van der Waals surface area contributed by atoms with Crippen molar-refractivity contribution in [1.82, 2.24) is 20.1 Å². The second-order valence-corrected chi connectivity index (χ2v) is 19.8. The molecule has 1 aromatic heterocycles. The number of nitrogens with zero attached hydrogens (tertiary/aromatic N) is 5. The number of carbonyl (C=O) groups excluding carboxylic acids is 3. The Hall–Kier alpha value is -5.48. The monoisotopic (exact) mass is 910 g/mol. The van der Waals surface area contributed by atoms with Crippen molar-refractivity contribution in [1.29, 1.82) is 0 Å². The van der Waals surface area contributed by atoms with Gasteiger partial charge in [0.1, 0.15) is 19.0 Å². The minimum Gasteiger partial charge on any atom is -0.493 e. The summed E-state index contributed by atoms with van der Waals surface area (Å²) in [7, 11) is 6.58. The summed E-state index contributed by atoms with van der Waals surface area (Å²) in [4.78, 5) is 57.8. The molecule has 0 bridgehead atoms. The second-order valence-electron chi connectivity index (χ2n) is 16.7. The number of hydrogen-bond donors (Lipinski definition) is 1. The van der Waals surface area contributed by atoms with Crippen LogP contribution < -0.4 is 29.0 Å². The Bertz CT molecular complexity index is 2230. The predicted octanol–water partition coefficient (Wildman–Crippen LogP) is 8.86. The zero-order chi connectivity index (χ0) is 45.4. The maximum atomic E-state index is 13.7. The van der Waals surface area contributed by atoms with Crippen LogP contribution in [-0.4, -0.2) is 108 Å². The van der Waals surface area contributed by atoms with Crippen molar-refractivity contribution in [2.24, 2.45) is 9.98 Å². The smallest absolute Gasteiger partial charge is 0.257 e. The summed E-state index contributed by atoms with van der Waals surface area (Å²) < 4.78 is 30.4. The largest absolute Gasteiger partial charge is 0.493 e. The molecule has 3 aromatic rings. The van der Waals surface area contributed by atoms with E-state index in [-0.39, 0.29) is 47.8 Å². The third-order valence-electron chi connectivity index (χ3n) is 11.7. The Kier molecular flexibility index (Phi) is 15.3. The van der Waals surface area contributed by atoms with E-state index >= 15 is 0 Å². The van der Waals surface area contributed by atoms with Gasteiger partial charge in [0, 0.05) is 67.5 Å². The van der Waals surface area contributed by atoms with E-state index in [1.807, 2.05) is 48.2 Å². The molecule has 2 aromatic carbocycles. The number of amides is 3. The third kappa shape index (κ3) is 11.1. The van der Waals surface area contributed by atoms with Crippen LogP contribution in [0, 0.1) is 0 Å². The number of ether oxygens (including phenoxy) is 5. The summed E-state index contributed by atoms with van der Waals surface area (Å²) in [5, 5.41) is 3.04. The van der Waals surface area contributed by atoms with Crippen LogP contribution in [0.1, 0.15) is 98.3 Å². The number of aromatic nitrogens is 1. The lowest BCUT2D eigenvalue weighted by Gasteiger charge is -2.21. The first-order valence-electron chi connectivity index (χ1n) is 21.7. The summed E-state index contributed by atoms with van der Waals surface area (Å²) in [6.07, 6.45) is 14.1. The molecule has 14 nitrogen and oxygen atoms in total. The number of fused-ring (bicyclic) bond motifs is 4. The molecule has 4 aliphatic heterocycles. The lowest BCUT2D eigenvalue weighted by atomic mass is 10.1. The highest BCUT2D eigenvalue weighted by atomic mass is 33.1. The molecule has 3 amide bonds. The number of methoxy groups -OCH3 is 2. The summed E-state index contributed by atoms with van der Waals surface area (Å²) >= 11 is 0. The van der Waals surface area contributed by atoms with Crippen molar-refractivity contribution in [3.05, 3.63) is 82.2 Å². The van der Waals surface area contributed by atoms with Crippen LogP contribution in [-0.2, 0) is 18.0 Å². The van der Waals surface area contributed by atoms with Gasteiger partial charge < -0.3 is 38.8 Å². The van der Waals surface area contributed by atoms with E-state index in [4.69, 9.17) is 38.7 Å². The van der Waals surface area contributed by atoms with Gasteiger partial charge in [-0.1, -0.05) is 44.9 Å². The number of carbonyl (C=O) groups is 3. The minimum absolute atomic E-state index is 0.0364. The van der Waals surface area contributed by atoms with Crippen molar-refractivity contribution >= 4 is 63.1 Å². The van der Waals surface area contributed by atoms with E-state index in [9.17, 15) is 14.4 Å². The van der Waals surface area contributed by atoms with Crippen molar-refractivity contribution in [3.63, 3.8) is 0 Å². The van der Waals surface area contributed by atoms with Crippen molar-refractivity contribution < 1.29 is 38.1 Å². The van der Waals surface area contributed by atoms with Gasteiger partial charge in [0.25, 0.3) is 11.8 Å². The average molecular weight is 911 g/mol. The summed E-state index contributed by atoms with van der Waals surface area (Å²) in [6, 6.07) is 10.3. The second kappa shape index (κ2) is 21.0. The van der Waals surface area contributed by atoms with Crippen LogP contribution in [0.5, 0.6) is 28.7 Å². The Morgan fingerprint density at radius 3 is 1.80 bits per heavy atom. The average Bonchev–Trinajstić information content (AvgIpc) is 3.86. The Morgan fingerprint density at radius 1 is 0.781 bits per heavy atom. The fourth-order valence-corrected chi connectivity index (χ4v) is 10.3. The number of pyridine rings is 1. The van der Waals surface area contributed by atoms with Gasteiger partial charge >= 0.3 is 0 Å². The van der Waals surface area contributed by atoms with Crippen molar-refractivity contribution in [2.45, 2.75) is 96.3 Å². The zero-order valence-electron chi connectivity index (χ0n) is 37.7. The van der Waals surface area contributed by atoms with E-state index < -0.39 is 0 Å². The quantitative estimate of drug-likeness (QED) is 0.0697. The molecule has 0 aliphatic carbocycles. The van der Waals surface area contributed by atoms with Crippen molar-refractivity contribution in [3.8, 4) is 28.7 Å². The van der Waals surface area contributed by atoms with Gasteiger partial charge in [0.15, 0.2) is 23.0 Å². The van der Waals surface area contributed by atoms with Gasteiger partial charge in [0.2, 0.25) is 5.91 Å². The Labute approximate surface area is 383 Å². The molecule has 7 rings (SSSR count). The molecule has 0 saturated carbocycles. The SMILES string of the molecule is C/C=C1\CC2C=Nc3cc(OCc4cc(OCCCCNC(=O)CCC(C)(C)SSC)cc(COc5cc6c(cc5OC)C(=O)N5C/C(=C/C)C[C@H]5C=N6)n4)c(OC)cc3C(=O)N2C1. The standard InChI is InChI=1S/C48H58N6O8S2/c1-8-30-16-34-24-50-39-22-43(41(58-5)20-37(39)46(56)53(34)26-30)61-28-32-18-36(60-15-11-10-14-49-45(55)12-13-48(3,4)64-63-7)19-33(52-32)29-62-44-23-40-38(21-42(44)59-6)47(57)54-27-31(9-2)17-35(54)25-51-40/h8-9,18-25,34-35H,10-17,26-29H2,1-7H3,(H,49,55)/b30-8+,31-9+/t34-,35?/m0/s1. The Morgan fingerprint density at radius 2 is 1.31 bits per heavy atom. The van der Waals surface area contributed by atoms with Crippen LogP contribution >= 0.6 is 21.6 Å². The number of rotatable bonds is 19. The number of aliphatic imine (C=N–C) groups is 2. The molecule has 4 aliphatic rings. The first-order valence-corrected chi connectivity index (χ1v) is 24.3. The van der Waals surface area contributed by atoms with Gasteiger partial charge in [-0.25, -0.2) is 0 Å². The van der Waals surface area contributed by atoms with Crippen LogP contribution in [0.3, 0.4) is 0 Å². The number of unbranched alkanes of at least 4 members (excludes halogenated alkanes) is 1. The lowest BCUT2D eigenvalue weighted by Crippen LogP contribution is -2.35. The Balaban J connectivity index is 1.06. The van der Waals surface area contributed by atoms with E-state index in [0.717, 1.165) is 25.7 Å². The molecule has 0 spiro atoms. The van der Waals surface area contributed by atoms with Gasteiger partial charge in [-0.15, -0.1) is 0 Å². The van der Waals surface area contributed by atoms with Crippen LogP contribution in [0.2, 0.25) is 0 Å². The zero-order valence-corrected chi connectivity index (χ0v) is 39.4. The highest BCUT2D eigenvalue weighted by Gasteiger charge is 2.36. The highest BCUT2D eigenvalue weighted by Crippen LogP contribution is 2.41. The molecular weight excluding hydrogens is 853 g/mol. The fourth-order valence-electron chi connectivity index (χ4n) is 8.10. The van der Waals surface area contributed by atoms with Crippen LogP contribution in [0.4, 0.5) is 11.4 Å². The number of allylic oxidation sites excluding steroid dienone is 2. The third-order valence-corrected chi connectivity index (χ3v) is 14.4. The van der Waals surface area contributed by atoms with Crippen molar-refractivity contribution in [2.75, 3.05) is 46.7 Å². The van der Waals surface area contributed by atoms with E-state index in [2.05, 4.69) is 37.6 Å². The summed E-state index contributed by atoms with van der Waals surface area (Å²) in [6.45, 7) is 10.5. The van der Waals surface area contributed by atoms with E-state index in [0.29, 0.717) is 102 Å². The normalized spacial score (nSPS) is 18.9. The first kappa shape index (κ1) is 46.5. The molecule has 1 N–H and O–H groups in total. The maximum Gasteiger partial charge on any atom is 0.257 e. The van der Waals surface area contributed by atoms with Crippen LogP contribution in [0.15, 0.2) is 69.7 Å². The molecule has 5 heterocycles. The molecule has 16 heteroatoms. The van der Waals surface area contributed by atoms with E-state index in [1.54, 1.807) is 45.9 Å². The topological polar surface area (TPSA) is 153 Å². The lowest BCUT2D eigenvalue weighted by molar-refractivity contribution is -0.121. The summed E-state index contributed by atoms with van der Waals surface area (Å²) in [5.41, 5.74) is 5.45. The molecule has 2 atom stereocenters. The van der Waals surface area contributed by atoms with Gasteiger partial charge in [-0.3, -0.25) is 29.4 Å². The van der Waals surface area contributed by atoms with Gasteiger partial charge in [-0.2, -0.15) is 0 Å². The molecule has 2 fully saturated rings. The number of nitrogens with one attached hydrogen (secondary N) is 1. The maximum absolute atomic E-state index is 13.7. The highest BCUT2D eigenvalue weighted by molar-refractivity contribution is 8.76. The molecule has 2 saturated heterocycles. The first-order chi connectivity index (χ1) is 30.9. The molecule has 1 unspecified atom stereocenters. The molecular formula is C48H58N6O8S2. The molecule has 0 radical (unpaired) electrons.